The van der Waals surface area contributed by atoms with Gasteiger partial charge in [0.05, 0.1) is 11.6 Å². The Morgan fingerprint density at radius 2 is 1.62 bits per heavy atom. The summed E-state index contributed by atoms with van der Waals surface area (Å²) >= 11 is 0. The van der Waals surface area contributed by atoms with Crippen LogP contribution < -0.4 is 5.32 Å². The first-order valence-electron chi connectivity index (χ1n) is 13.2. The molecule has 0 unspecified atom stereocenters. The standard InChI is InChI=1S/C34H31FN2O3/c1-20-23(4)37(19-24-12-14-25(15-13-24)28-8-5-6-9-29(28)34(39)40)32-17-16-26(18-30(20)32)33(38)36-22(3)27-10-7-11-31(35)21(27)2/h5-18,22H,19H2,1-4H3,(H,36,38)(H,39,40)/t22-/m0/s1. The van der Waals surface area contributed by atoms with Crippen molar-refractivity contribution in [2.75, 3.05) is 0 Å². The Bertz CT molecular complexity index is 1750. The van der Waals surface area contributed by atoms with E-state index in [0.717, 1.165) is 38.9 Å². The first-order valence-corrected chi connectivity index (χ1v) is 13.2. The number of amides is 1. The summed E-state index contributed by atoms with van der Waals surface area (Å²) in [6.07, 6.45) is 0. The molecule has 40 heavy (non-hydrogen) atoms. The minimum atomic E-state index is -0.948. The van der Waals surface area contributed by atoms with E-state index >= 15 is 0 Å². The summed E-state index contributed by atoms with van der Waals surface area (Å²) < 4.78 is 16.2. The largest absolute Gasteiger partial charge is 0.478 e. The number of carboxylic acid groups (broad SMARTS) is 1. The van der Waals surface area contributed by atoms with Crippen molar-refractivity contribution >= 4 is 22.8 Å². The van der Waals surface area contributed by atoms with Crippen LogP contribution >= 0.6 is 0 Å². The minimum Gasteiger partial charge on any atom is -0.478 e. The Kier molecular flexibility index (Phi) is 7.26. The van der Waals surface area contributed by atoms with Crippen LogP contribution in [0.25, 0.3) is 22.0 Å². The second-order valence-electron chi connectivity index (χ2n) is 10.2. The van der Waals surface area contributed by atoms with Crippen LogP contribution in [-0.2, 0) is 6.54 Å². The number of benzene rings is 4. The SMILES string of the molecule is Cc1c(F)cccc1[C@H](C)NC(=O)c1ccc2c(c1)c(C)c(C)n2Cc1ccc(-c2ccccc2C(=O)O)cc1. The molecule has 0 radical (unpaired) electrons. The zero-order chi connectivity index (χ0) is 28.6. The fourth-order valence-electron chi connectivity index (χ4n) is 5.34. The fraction of sp³-hybridized carbons (Fsp3) is 0.176. The first kappa shape index (κ1) is 26.9. The Morgan fingerprint density at radius 1 is 0.900 bits per heavy atom. The number of carbonyl (C=O) groups is 2. The number of nitrogens with zero attached hydrogens (tertiary/aromatic N) is 1. The first-order chi connectivity index (χ1) is 19.2. The summed E-state index contributed by atoms with van der Waals surface area (Å²) in [5.41, 5.74) is 7.98. The maximum Gasteiger partial charge on any atom is 0.336 e. The third kappa shape index (κ3) is 5.00. The predicted octanol–water partition coefficient (Wildman–Crippen LogP) is 7.61. The molecule has 0 fully saturated rings. The summed E-state index contributed by atoms with van der Waals surface area (Å²) in [6.45, 7) is 8.34. The molecule has 0 saturated heterocycles. The zero-order valence-corrected chi connectivity index (χ0v) is 23.0. The normalized spacial score (nSPS) is 11.9. The number of fused-ring (bicyclic) bond motifs is 1. The van der Waals surface area contributed by atoms with E-state index in [-0.39, 0.29) is 23.3 Å². The van der Waals surface area contributed by atoms with Gasteiger partial charge in [-0.15, -0.1) is 0 Å². The maximum atomic E-state index is 14.0. The lowest BCUT2D eigenvalue weighted by molar-refractivity contribution is 0.0697. The molecule has 0 aliphatic heterocycles. The number of aromatic carboxylic acids is 1. The third-order valence-corrected chi connectivity index (χ3v) is 7.79. The topological polar surface area (TPSA) is 71.3 Å². The molecular weight excluding hydrogens is 503 g/mol. The lowest BCUT2D eigenvalue weighted by Crippen LogP contribution is -2.27. The number of hydrogen-bond acceptors (Lipinski definition) is 2. The minimum absolute atomic E-state index is 0.208. The average Bonchev–Trinajstić information content (AvgIpc) is 3.19. The van der Waals surface area contributed by atoms with Gasteiger partial charge in [-0.2, -0.15) is 0 Å². The van der Waals surface area contributed by atoms with Gasteiger partial charge in [0.2, 0.25) is 0 Å². The highest BCUT2D eigenvalue weighted by Crippen LogP contribution is 2.29. The Balaban J connectivity index is 1.39. The Hall–Kier alpha value is -4.71. The number of rotatable bonds is 7. The molecule has 1 atom stereocenters. The van der Waals surface area contributed by atoms with Gasteiger partial charge in [-0.25, -0.2) is 9.18 Å². The van der Waals surface area contributed by atoms with E-state index in [4.69, 9.17) is 0 Å². The van der Waals surface area contributed by atoms with Gasteiger partial charge in [0.1, 0.15) is 5.82 Å². The van der Waals surface area contributed by atoms with E-state index in [1.807, 2.05) is 67.6 Å². The van der Waals surface area contributed by atoms with Crippen LogP contribution in [0, 0.1) is 26.6 Å². The van der Waals surface area contributed by atoms with Gasteiger partial charge in [0, 0.05) is 28.7 Å². The van der Waals surface area contributed by atoms with E-state index in [2.05, 4.69) is 23.7 Å². The van der Waals surface area contributed by atoms with Crippen molar-refractivity contribution in [2.45, 2.75) is 40.3 Å². The number of hydrogen-bond donors (Lipinski definition) is 2. The molecule has 0 saturated carbocycles. The summed E-state index contributed by atoms with van der Waals surface area (Å²) in [6, 6.07) is 25.2. The predicted molar refractivity (Wildman–Crippen MR) is 156 cm³/mol. The highest BCUT2D eigenvalue weighted by Gasteiger charge is 2.18. The van der Waals surface area contributed by atoms with Crippen molar-refractivity contribution in [3.05, 3.63) is 130 Å². The monoisotopic (exact) mass is 534 g/mol. The van der Waals surface area contributed by atoms with Crippen molar-refractivity contribution in [3.63, 3.8) is 0 Å². The van der Waals surface area contributed by atoms with Gasteiger partial charge in [0.15, 0.2) is 0 Å². The fourth-order valence-corrected chi connectivity index (χ4v) is 5.34. The number of carboxylic acids is 1. The van der Waals surface area contributed by atoms with Crippen molar-refractivity contribution in [3.8, 4) is 11.1 Å². The highest BCUT2D eigenvalue weighted by atomic mass is 19.1. The van der Waals surface area contributed by atoms with Crippen LogP contribution in [0.1, 0.15) is 61.6 Å². The van der Waals surface area contributed by atoms with Gasteiger partial charge in [-0.3, -0.25) is 4.79 Å². The average molecular weight is 535 g/mol. The van der Waals surface area contributed by atoms with E-state index in [1.54, 1.807) is 25.1 Å². The second-order valence-corrected chi connectivity index (χ2v) is 10.2. The molecular formula is C34H31FN2O3. The molecule has 0 aliphatic rings. The van der Waals surface area contributed by atoms with E-state index < -0.39 is 5.97 Å². The molecule has 1 heterocycles. The van der Waals surface area contributed by atoms with Crippen molar-refractivity contribution in [1.82, 2.24) is 9.88 Å². The maximum absolute atomic E-state index is 14.0. The van der Waals surface area contributed by atoms with Crippen molar-refractivity contribution in [1.29, 1.82) is 0 Å². The number of halogens is 1. The Morgan fingerprint density at radius 3 is 2.35 bits per heavy atom. The number of aromatic nitrogens is 1. The van der Waals surface area contributed by atoms with E-state index in [0.29, 0.717) is 23.2 Å². The third-order valence-electron chi connectivity index (χ3n) is 7.79. The van der Waals surface area contributed by atoms with Crippen LogP contribution in [0.3, 0.4) is 0 Å². The Labute approximate surface area is 232 Å². The molecule has 2 N–H and O–H groups in total. The number of carbonyl (C=O) groups excluding carboxylic acids is 1. The van der Waals surface area contributed by atoms with Crippen LogP contribution in [0.4, 0.5) is 4.39 Å². The zero-order valence-electron chi connectivity index (χ0n) is 23.0. The van der Waals surface area contributed by atoms with Crippen molar-refractivity contribution < 1.29 is 19.1 Å². The van der Waals surface area contributed by atoms with Gasteiger partial charge < -0.3 is 15.0 Å². The summed E-state index contributed by atoms with van der Waals surface area (Å²) in [7, 11) is 0. The van der Waals surface area contributed by atoms with Crippen LogP contribution in [0.15, 0.2) is 84.9 Å². The van der Waals surface area contributed by atoms with Gasteiger partial charge in [-0.05, 0) is 91.4 Å². The molecule has 0 aliphatic carbocycles. The second kappa shape index (κ2) is 10.8. The molecule has 6 heteroatoms. The molecule has 5 rings (SSSR count). The molecule has 1 aromatic heterocycles. The number of aryl methyl sites for hydroxylation is 1. The van der Waals surface area contributed by atoms with Crippen LogP contribution in [0.2, 0.25) is 0 Å². The summed E-state index contributed by atoms with van der Waals surface area (Å²) in [5.74, 6) is -1.44. The molecule has 4 aromatic carbocycles. The molecule has 0 spiro atoms. The lowest BCUT2D eigenvalue weighted by atomic mass is 9.99. The van der Waals surface area contributed by atoms with Gasteiger partial charge >= 0.3 is 5.97 Å². The van der Waals surface area contributed by atoms with Crippen molar-refractivity contribution in [2.24, 2.45) is 0 Å². The summed E-state index contributed by atoms with van der Waals surface area (Å²) in [5, 5.41) is 13.6. The van der Waals surface area contributed by atoms with Gasteiger partial charge in [-0.1, -0.05) is 54.6 Å². The van der Waals surface area contributed by atoms with Gasteiger partial charge in [0.25, 0.3) is 5.91 Å². The quantitative estimate of drug-likeness (QED) is 0.226. The molecule has 202 valence electrons. The highest BCUT2D eigenvalue weighted by molar-refractivity contribution is 5.99. The molecule has 5 nitrogen and oxygen atoms in total. The summed E-state index contributed by atoms with van der Waals surface area (Å²) in [4.78, 5) is 24.8. The molecule has 1 amide bonds. The smallest absolute Gasteiger partial charge is 0.336 e. The van der Waals surface area contributed by atoms with E-state index in [9.17, 15) is 19.1 Å². The lowest BCUT2D eigenvalue weighted by Gasteiger charge is -2.17. The van der Waals surface area contributed by atoms with Crippen LogP contribution in [-0.4, -0.2) is 21.6 Å². The molecule has 0 bridgehead atoms. The number of nitrogens with one attached hydrogen (secondary N) is 1. The molecule has 5 aromatic rings. The van der Waals surface area contributed by atoms with E-state index in [1.165, 1.54) is 6.07 Å². The van der Waals surface area contributed by atoms with Crippen LogP contribution in [0.5, 0.6) is 0 Å².